The Balaban J connectivity index is 0.00000109. The minimum Gasteiger partial charge on any atom is -0.494 e. The van der Waals surface area contributed by atoms with E-state index in [-0.39, 0.29) is 0 Å². The molecule has 1 N–H and O–H groups in total. The molecular formula is C20H29N3O2. The molecule has 0 amide bonds. The minimum atomic E-state index is 0.773. The molecule has 5 nitrogen and oxygen atoms in total. The molecule has 0 atom stereocenters. The first-order chi connectivity index (χ1) is 12.2. The first-order valence-electron chi connectivity index (χ1n) is 8.88. The third kappa shape index (κ3) is 4.86. The fraction of sp³-hybridized carbons (Fsp3) is 0.450. The molecule has 1 aliphatic heterocycles. The summed E-state index contributed by atoms with van der Waals surface area (Å²) in [4.78, 5) is 6.74. The Bertz CT molecular complexity index is 683. The number of nitrogens with one attached hydrogen (secondary N) is 1. The standard InChI is InChI=1S/C18H23N3O2.C2H6/c1-13-10-18(19-12-14(13)2)20-16-5-4-15(11-17(16)22-3)21-6-8-23-9-7-21;1-2/h4-5,10-12H,6-9H2,1-3H3,(H,19,20);1-2H3. The van der Waals surface area contributed by atoms with E-state index >= 15 is 0 Å². The highest BCUT2D eigenvalue weighted by molar-refractivity contribution is 5.69. The maximum absolute atomic E-state index is 5.55. The van der Waals surface area contributed by atoms with Gasteiger partial charge in [0.05, 0.1) is 26.0 Å². The van der Waals surface area contributed by atoms with E-state index in [0.717, 1.165) is 49.2 Å². The Morgan fingerprint density at radius 2 is 1.80 bits per heavy atom. The van der Waals surface area contributed by atoms with E-state index in [2.05, 4.69) is 41.2 Å². The lowest BCUT2D eigenvalue weighted by molar-refractivity contribution is 0.122. The number of pyridine rings is 1. The zero-order valence-corrected chi connectivity index (χ0v) is 15.9. The van der Waals surface area contributed by atoms with Crippen molar-refractivity contribution in [2.75, 3.05) is 43.6 Å². The smallest absolute Gasteiger partial charge is 0.144 e. The molecule has 1 aliphatic rings. The van der Waals surface area contributed by atoms with Crippen molar-refractivity contribution < 1.29 is 9.47 Å². The summed E-state index contributed by atoms with van der Waals surface area (Å²) in [5.41, 5.74) is 4.47. The largest absolute Gasteiger partial charge is 0.494 e. The number of nitrogens with zero attached hydrogens (tertiary/aromatic N) is 2. The van der Waals surface area contributed by atoms with Gasteiger partial charge in [0.25, 0.3) is 0 Å². The molecule has 0 bridgehead atoms. The minimum absolute atomic E-state index is 0.773. The van der Waals surface area contributed by atoms with Gasteiger partial charge < -0.3 is 19.7 Å². The maximum atomic E-state index is 5.55. The zero-order chi connectivity index (χ0) is 18.2. The maximum Gasteiger partial charge on any atom is 0.144 e. The van der Waals surface area contributed by atoms with E-state index in [1.165, 1.54) is 11.1 Å². The van der Waals surface area contributed by atoms with Crippen LogP contribution in [0.2, 0.25) is 0 Å². The Morgan fingerprint density at radius 3 is 2.44 bits per heavy atom. The summed E-state index contributed by atoms with van der Waals surface area (Å²) in [6, 6.07) is 8.26. The number of aromatic nitrogens is 1. The van der Waals surface area contributed by atoms with Crippen LogP contribution in [0.4, 0.5) is 17.2 Å². The average molecular weight is 343 g/mol. The van der Waals surface area contributed by atoms with Crippen LogP contribution in [0.15, 0.2) is 30.5 Å². The van der Waals surface area contributed by atoms with Crippen LogP contribution in [0.5, 0.6) is 5.75 Å². The highest BCUT2D eigenvalue weighted by Crippen LogP contribution is 2.32. The highest BCUT2D eigenvalue weighted by Gasteiger charge is 2.14. The normalized spacial score (nSPS) is 13.7. The van der Waals surface area contributed by atoms with Crippen molar-refractivity contribution in [3.05, 3.63) is 41.6 Å². The summed E-state index contributed by atoms with van der Waals surface area (Å²) < 4.78 is 11.0. The first kappa shape index (κ1) is 19.1. The molecule has 1 aromatic heterocycles. The molecule has 0 aliphatic carbocycles. The van der Waals surface area contributed by atoms with E-state index in [9.17, 15) is 0 Å². The lowest BCUT2D eigenvalue weighted by atomic mass is 10.2. The fourth-order valence-electron chi connectivity index (χ4n) is 2.63. The molecule has 136 valence electrons. The van der Waals surface area contributed by atoms with Crippen LogP contribution in [0.1, 0.15) is 25.0 Å². The third-order valence-electron chi connectivity index (χ3n) is 4.20. The Labute approximate surface area is 151 Å². The Morgan fingerprint density at radius 1 is 1.08 bits per heavy atom. The molecule has 0 saturated carbocycles. The molecule has 0 unspecified atom stereocenters. The predicted octanol–water partition coefficient (Wildman–Crippen LogP) is 4.31. The van der Waals surface area contributed by atoms with Gasteiger partial charge in [0.15, 0.2) is 0 Å². The lowest BCUT2D eigenvalue weighted by Crippen LogP contribution is -2.36. The van der Waals surface area contributed by atoms with E-state index < -0.39 is 0 Å². The topological polar surface area (TPSA) is 46.6 Å². The highest BCUT2D eigenvalue weighted by atomic mass is 16.5. The molecule has 2 heterocycles. The Hall–Kier alpha value is -2.27. The SMILES string of the molecule is CC.COc1cc(N2CCOCC2)ccc1Nc1cc(C)c(C)cn1. The third-order valence-corrected chi connectivity index (χ3v) is 4.20. The summed E-state index contributed by atoms with van der Waals surface area (Å²) in [5, 5.41) is 3.34. The van der Waals surface area contributed by atoms with Crippen molar-refractivity contribution in [1.29, 1.82) is 0 Å². The number of methoxy groups -OCH3 is 1. The second kappa shape index (κ2) is 9.28. The van der Waals surface area contributed by atoms with Crippen molar-refractivity contribution in [2.24, 2.45) is 0 Å². The molecule has 0 spiro atoms. The first-order valence-corrected chi connectivity index (χ1v) is 8.88. The monoisotopic (exact) mass is 343 g/mol. The summed E-state index contributed by atoms with van der Waals surface area (Å²) in [6.45, 7) is 11.5. The van der Waals surface area contributed by atoms with Crippen LogP contribution in [0.3, 0.4) is 0 Å². The van der Waals surface area contributed by atoms with Crippen LogP contribution in [-0.4, -0.2) is 38.4 Å². The molecule has 1 fully saturated rings. The Kier molecular flexibility index (Phi) is 7.07. The van der Waals surface area contributed by atoms with Crippen LogP contribution >= 0.6 is 0 Å². The number of aryl methyl sites for hydroxylation is 2. The number of anilines is 3. The quantitative estimate of drug-likeness (QED) is 0.896. The summed E-state index contributed by atoms with van der Waals surface area (Å²) >= 11 is 0. The fourth-order valence-corrected chi connectivity index (χ4v) is 2.63. The summed E-state index contributed by atoms with van der Waals surface area (Å²) in [7, 11) is 1.69. The number of hydrogen-bond donors (Lipinski definition) is 1. The van der Waals surface area contributed by atoms with Crippen LogP contribution in [0, 0.1) is 13.8 Å². The summed E-state index contributed by atoms with van der Waals surface area (Å²) in [6.07, 6.45) is 1.88. The van der Waals surface area contributed by atoms with Gasteiger partial charge in [-0.1, -0.05) is 13.8 Å². The van der Waals surface area contributed by atoms with Crippen molar-refractivity contribution in [1.82, 2.24) is 4.98 Å². The van der Waals surface area contributed by atoms with Crippen LogP contribution in [-0.2, 0) is 4.74 Å². The number of ether oxygens (including phenoxy) is 2. The van der Waals surface area contributed by atoms with Crippen LogP contribution < -0.4 is 15.0 Å². The molecule has 5 heteroatoms. The van der Waals surface area contributed by atoms with Gasteiger partial charge in [-0.25, -0.2) is 4.98 Å². The lowest BCUT2D eigenvalue weighted by Gasteiger charge is -2.29. The van der Waals surface area contributed by atoms with E-state index in [4.69, 9.17) is 9.47 Å². The van der Waals surface area contributed by atoms with E-state index in [1.807, 2.05) is 32.2 Å². The van der Waals surface area contributed by atoms with E-state index in [1.54, 1.807) is 7.11 Å². The number of morpholine rings is 1. The van der Waals surface area contributed by atoms with Gasteiger partial charge in [-0.2, -0.15) is 0 Å². The van der Waals surface area contributed by atoms with Crippen molar-refractivity contribution in [3.8, 4) is 5.75 Å². The van der Waals surface area contributed by atoms with Gasteiger partial charge in [-0.15, -0.1) is 0 Å². The number of benzene rings is 1. The second-order valence-corrected chi connectivity index (χ2v) is 5.76. The van der Waals surface area contributed by atoms with Crippen molar-refractivity contribution in [3.63, 3.8) is 0 Å². The molecule has 1 saturated heterocycles. The molecular weight excluding hydrogens is 314 g/mol. The number of rotatable bonds is 4. The molecule has 2 aromatic rings. The molecule has 25 heavy (non-hydrogen) atoms. The van der Waals surface area contributed by atoms with Crippen LogP contribution in [0.25, 0.3) is 0 Å². The van der Waals surface area contributed by atoms with Gasteiger partial charge in [-0.05, 0) is 43.2 Å². The second-order valence-electron chi connectivity index (χ2n) is 5.76. The van der Waals surface area contributed by atoms with Gasteiger partial charge in [0, 0.05) is 31.0 Å². The molecule has 3 rings (SSSR count). The average Bonchev–Trinajstić information content (AvgIpc) is 2.67. The van der Waals surface area contributed by atoms with Crippen molar-refractivity contribution >= 4 is 17.2 Å². The predicted molar refractivity (Wildman–Crippen MR) is 104 cm³/mol. The summed E-state index contributed by atoms with van der Waals surface area (Å²) in [5.74, 6) is 1.64. The zero-order valence-electron chi connectivity index (χ0n) is 15.9. The number of hydrogen-bond acceptors (Lipinski definition) is 5. The van der Waals surface area contributed by atoms with Crippen molar-refractivity contribution in [2.45, 2.75) is 27.7 Å². The molecule has 0 radical (unpaired) electrons. The van der Waals surface area contributed by atoms with Gasteiger partial charge in [0.1, 0.15) is 11.6 Å². The van der Waals surface area contributed by atoms with Gasteiger partial charge >= 0.3 is 0 Å². The van der Waals surface area contributed by atoms with Gasteiger partial charge in [0.2, 0.25) is 0 Å². The van der Waals surface area contributed by atoms with E-state index in [0.29, 0.717) is 0 Å². The molecule has 1 aromatic carbocycles. The van der Waals surface area contributed by atoms with Gasteiger partial charge in [-0.3, -0.25) is 0 Å².